The van der Waals surface area contributed by atoms with E-state index < -0.39 is 17.1 Å². The molecule has 140 valence electrons. The number of hydrogen-bond acceptors (Lipinski definition) is 6. The van der Waals surface area contributed by atoms with Crippen molar-refractivity contribution in [1.29, 1.82) is 0 Å². The molecule has 7 heteroatoms. The first kappa shape index (κ1) is 16.5. The van der Waals surface area contributed by atoms with E-state index in [1.807, 2.05) is 25.1 Å². The van der Waals surface area contributed by atoms with Crippen LogP contribution in [-0.4, -0.2) is 35.9 Å². The molecule has 1 aromatic heterocycles. The number of benzene rings is 1. The monoisotopic (exact) mass is 369 g/mol. The Bertz CT molecular complexity index is 950. The van der Waals surface area contributed by atoms with E-state index in [-0.39, 0.29) is 18.7 Å². The summed E-state index contributed by atoms with van der Waals surface area (Å²) in [6.45, 7) is 2.95. The van der Waals surface area contributed by atoms with Gasteiger partial charge in [0.25, 0.3) is 6.02 Å². The number of nitrogens with zero attached hydrogens (tertiary/aromatic N) is 2. The van der Waals surface area contributed by atoms with E-state index in [4.69, 9.17) is 19.9 Å². The Kier molecular flexibility index (Phi) is 3.46. The van der Waals surface area contributed by atoms with Crippen LogP contribution in [0.1, 0.15) is 25.3 Å². The minimum atomic E-state index is -0.804. The molecule has 4 heterocycles. The maximum Gasteiger partial charge on any atom is 0.283 e. The molecule has 1 saturated heterocycles. The van der Waals surface area contributed by atoms with Crippen LogP contribution < -0.4 is 10.5 Å². The second-order valence-electron chi connectivity index (χ2n) is 7.48. The average Bonchev–Trinajstić information content (AvgIpc) is 3.04. The summed E-state index contributed by atoms with van der Waals surface area (Å²) in [6.07, 6.45) is 2.87. The molecule has 1 fully saturated rings. The summed E-state index contributed by atoms with van der Waals surface area (Å²) in [5, 5.41) is 0. The number of hydrogen-bond donors (Lipinski definition) is 1. The number of ether oxygens (including phenoxy) is 3. The van der Waals surface area contributed by atoms with Crippen LogP contribution in [0.2, 0.25) is 0 Å². The number of pyridine rings is 1. The smallest absolute Gasteiger partial charge is 0.283 e. The third-order valence-electron chi connectivity index (χ3n) is 5.70. The summed E-state index contributed by atoms with van der Waals surface area (Å²) >= 11 is 0. The molecule has 5 rings (SSSR count). The van der Waals surface area contributed by atoms with Crippen molar-refractivity contribution in [3.05, 3.63) is 48.0 Å². The van der Waals surface area contributed by atoms with Gasteiger partial charge in [0.15, 0.2) is 5.54 Å². The Morgan fingerprint density at radius 2 is 2.19 bits per heavy atom. The standard InChI is InChI=1S/C20H20FN3O3/c1-19-7-3-9-25-17(19)20(11-26-18(22)24-20)14-10-12(5-6-15(14)27-19)13-4-2-8-23-16(13)21/h2,4-6,8,10,17H,3,7,9,11H2,1H3,(H2,22,24)/t17-,19-,20+/m1/s1. The quantitative estimate of drug-likeness (QED) is 0.782. The van der Waals surface area contributed by atoms with Crippen LogP contribution >= 0.6 is 0 Å². The molecule has 0 aliphatic carbocycles. The topological polar surface area (TPSA) is 79.0 Å². The molecule has 1 spiro atoms. The number of aliphatic imine (C=N–C) groups is 1. The molecule has 0 bridgehead atoms. The number of aromatic nitrogens is 1. The highest BCUT2D eigenvalue weighted by molar-refractivity contribution is 5.76. The van der Waals surface area contributed by atoms with Gasteiger partial charge in [0.2, 0.25) is 5.95 Å². The molecule has 0 saturated carbocycles. The largest absolute Gasteiger partial charge is 0.484 e. The molecule has 3 aliphatic heterocycles. The predicted molar refractivity (Wildman–Crippen MR) is 96.9 cm³/mol. The SMILES string of the molecule is C[C@@]12CCCO[C@H]1[C@]1(COC(N)=N1)c1cc(-c3cccnc3F)ccc1O2. The Labute approximate surface area is 156 Å². The van der Waals surface area contributed by atoms with Gasteiger partial charge < -0.3 is 19.9 Å². The molecule has 6 nitrogen and oxygen atoms in total. The zero-order valence-corrected chi connectivity index (χ0v) is 14.9. The summed E-state index contributed by atoms with van der Waals surface area (Å²) in [5.74, 6) is 0.182. The number of nitrogens with two attached hydrogens (primary N) is 1. The van der Waals surface area contributed by atoms with Gasteiger partial charge in [-0.15, -0.1) is 0 Å². The highest BCUT2D eigenvalue weighted by Crippen LogP contribution is 2.52. The van der Waals surface area contributed by atoms with E-state index in [1.54, 1.807) is 12.1 Å². The highest BCUT2D eigenvalue weighted by atomic mass is 19.1. The third kappa shape index (κ3) is 2.34. The molecule has 2 aromatic rings. The Balaban J connectivity index is 1.71. The van der Waals surface area contributed by atoms with Crippen molar-refractivity contribution < 1.29 is 18.6 Å². The lowest BCUT2D eigenvalue weighted by molar-refractivity contribution is -0.167. The van der Waals surface area contributed by atoms with Gasteiger partial charge >= 0.3 is 0 Å². The molecule has 3 atom stereocenters. The zero-order chi connectivity index (χ0) is 18.6. The van der Waals surface area contributed by atoms with Crippen molar-refractivity contribution in [3.8, 4) is 16.9 Å². The highest BCUT2D eigenvalue weighted by Gasteiger charge is 2.60. The van der Waals surface area contributed by atoms with E-state index in [9.17, 15) is 4.39 Å². The van der Waals surface area contributed by atoms with Crippen LogP contribution in [0.5, 0.6) is 5.75 Å². The molecular weight excluding hydrogens is 349 g/mol. The van der Waals surface area contributed by atoms with E-state index in [2.05, 4.69) is 9.98 Å². The summed E-state index contributed by atoms with van der Waals surface area (Å²) in [5.41, 5.74) is 6.49. The fraction of sp³-hybridized carbons (Fsp3) is 0.400. The normalized spacial score (nSPS) is 31.5. The molecule has 3 aliphatic rings. The zero-order valence-electron chi connectivity index (χ0n) is 14.9. The lowest BCUT2D eigenvalue weighted by Gasteiger charge is -2.51. The number of halogens is 1. The van der Waals surface area contributed by atoms with Crippen LogP contribution in [0, 0.1) is 5.95 Å². The minimum absolute atomic E-state index is 0.136. The van der Waals surface area contributed by atoms with Gasteiger partial charge in [-0.3, -0.25) is 0 Å². The number of fused-ring (bicyclic) bond motifs is 4. The van der Waals surface area contributed by atoms with E-state index >= 15 is 0 Å². The first-order valence-electron chi connectivity index (χ1n) is 9.06. The molecule has 0 radical (unpaired) electrons. The average molecular weight is 369 g/mol. The lowest BCUT2D eigenvalue weighted by atomic mass is 9.72. The van der Waals surface area contributed by atoms with Crippen molar-refractivity contribution in [2.75, 3.05) is 13.2 Å². The third-order valence-corrected chi connectivity index (χ3v) is 5.70. The minimum Gasteiger partial charge on any atom is -0.484 e. The Morgan fingerprint density at radius 1 is 1.30 bits per heavy atom. The van der Waals surface area contributed by atoms with E-state index in [0.717, 1.165) is 18.4 Å². The van der Waals surface area contributed by atoms with Crippen LogP contribution in [0.25, 0.3) is 11.1 Å². The van der Waals surface area contributed by atoms with Crippen molar-refractivity contribution >= 4 is 6.02 Å². The lowest BCUT2D eigenvalue weighted by Crippen LogP contribution is -2.62. The fourth-order valence-corrected chi connectivity index (χ4v) is 4.52. The first-order chi connectivity index (χ1) is 13.0. The second kappa shape index (κ2) is 5.66. The van der Waals surface area contributed by atoms with Crippen molar-refractivity contribution in [2.45, 2.75) is 37.0 Å². The van der Waals surface area contributed by atoms with Crippen LogP contribution in [0.15, 0.2) is 41.5 Å². The molecule has 1 aromatic carbocycles. The van der Waals surface area contributed by atoms with Gasteiger partial charge in [0, 0.05) is 23.9 Å². The summed E-state index contributed by atoms with van der Waals surface area (Å²) in [6, 6.07) is 9.13. The Morgan fingerprint density at radius 3 is 2.96 bits per heavy atom. The van der Waals surface area contributed by atoms with Crippen molar-refractivity contribution in [1.82, 2.24) is 4.98 Å². The summed E-state index contributed by atoms with van der Waals surface area (Å²) < 4.78 is 32.3. The van der Waals surface area contributed by atoms with Gasteiger partial charge in [0.05, 0.1) is 0 Å². The van der Waals surface area contributed by atoms with Gasteiger partial charge in [-0.2, -0.15) is 4.39 Å². The van der Waals surface area contributed by atoms with E-state index in [0.29, 0.717) is 23.5 Å². The second-order valence-corrected chi connectivity index (χ2v) is 7.48. The molecule has 0 amide bonds. The maximum absolute atomic E-state index is 14.2. The fourth-order valence-electron chi connectivity index (χ4n) is 4.52. The predicted octanol–water partition coefficient (Wildman–Crippen LogP) is 2.76. The molecular formula is C20H20FN3O3. The van der Waals surface area contributed by atoms with Crippen LogP contribution in [0.3, 0.4) is 0 Å². The summed E-state index contributed by atoms with van der Waals surface area (Å²) in [7, 11) is 0. The van der Waals surface area contributed by atoms with Gasteiger partial charge in [-0.1, -0.05) is 6.07 Å². The Hall–Kier alpha value is -2.67. The van der Waals surface area contributed by atoms with Gasteiger partial charge in [-0.05, 0) is 49.6 Å². The van der Waals surface area contributed by atoms with Crippen molar-refractivity contribution in [2.24, 2.45) is 10.7 Å². The molecule has 2 N–H and O–H groups in total. The number of amidine groups is 1. The molecule has 27 heavy (non-hydrogen) atoms. The summed E-state index contributed by atoms with van der Waals surface area (Å²) in [4.78, 5) is 8.42. The van der Waals surface area contributed by atoms with E-state index in [1.165, 1.54) is 6.20 Å². The van der Waals surface area contributed by atoms with Crippen molar-refractivity contribution in [3.63, 3.8) is 0 Å². The van der Waals surface area contributed by atoms with Crippen LogP contribution in [-0.2, 0) is 15.0 Å². The van der Waals surface area contributed by atoms with Gasteiger partial charge in [0.1, 0.15) is 24.1 Å². The first-order valence-corrected chi connectivity index (χ1v) is 9.06. The molecule has 0 unspecified atom stereocenters. The van der Waals surface area contributed by atoms with Crippen LogP contribution in [0.4, 0.5) is 4.39 Å². The maximum atomic E-state index is 14.2. The number of rotatable bonds is 1. The van der Waals surface area contributed by atoms with Gasteiger partial charge in [-0.25, -0.2) is 9.98 Å².